The Hall–Kier alpha value is -1.16. The molecule has 3 nitrogen and oxygen atoms in total. The van der Waals surface area contributed by atoms with Crippen LogP contribution in [0.15, 0.2) is 24.3 Å². The normalized spacial score (nSPS) is 24.6. The van der Waals surface area contributed by atoms with Crippen molar-refractivity contribution in [2.24, 2.45) is 0 Å². The second-order valence-electron chi connectivity index (χ2n) is 6.43. The van der Waals surface area contributed by atoms with Crippen LogP contribution in [0.25, 0.3) is 0 Å². The number of ether oxygens (including phenoxy) is 1. The minimum Gasteiger partial charge on any atom is -0.490 e. The summed E-state index contributed by atoms with van der Waals surface area (Å²) in [4.78, 5) is 11.9. The fourth-order valence-corrected chi connectivity index (χ4v) is 4.68. The van der Waals surface area contributed by atoms with E-state index in [-0.39, 0.29) is 6.10 Å². The summed E-state index contributed by atoms with van der Waals surface area (Å²) in [6, 6.07) is 7.84. The van der Waals surface area contributed by atoms with Crippen LogP contribution in [0.2, 0.25) is 0 Å². The molecule has 1 aliphatic heterocycles. The minimum atomic E-state index is -0.709. The Morgan fingerprint density at radius 1 is 1.23 bits per heavy atom. The number of hydrogen-bond acceptors (Lipinski definition) is 3. The molecule has 22 heavy (non-hydrogen) atoms. The third kappa shape index (κ3) is 3.27. The van der Waals surface area contributed by atoms with E-state index in [1.807, 2.05) is 36.0 Å². The maximum atomic E-state index is 11.9. The first-order valence-electron chi connectivity index (χ1n) is 8.29. The van der Waals surface area contributed by atoms with Gasteiger partial charge >= 0.3 is 5.97 Å². The van der Waals surface area contributed by atoms with Crippen LogP contribution in [0.1, 0.15) is 50.5 Å². The molecule has 1 unspecified atom stereocenters. The van der Waals surface area contributed by atoms with E-state index < -0.39 is 11.4 Å². The Balaban J connectivity index is 1.81. The largest absolute Gasteiger partial charge is 0.490 e. The predicted molar refractivity (Wildman–Crippen MR) is 89.8 cm³/mol. The number of carboxylic acids is 1. The molecule has 0 amide bonds. The van der Waals surface area contributed by atoms with E-state index in [1.54, 1.807) is 0 Å². The molecular formula is C18H24O3S. The molecule has 1 aliphatic carbocycles. The van der Waals surface area contributed by atoms with E-state index >= 15 is 0 Å². The zero-order valence-corrected chi connectivity index (χ0v) is 13.7. The van der Waals surface area contributed by atoms with Crippen LogP contribution in [0, 0.1) is 0 Å². The van der Waals surface area contributed by atoms with Gasteiger partial charge in [0.05, 0.1) is 5.41 Å². The van der Waals surface area contributed by atoms with E-state index in [0.717, 1.165) is 55.6 Å². The quantitative estimate of drug-likeness (QED) is 0.901. The monoisotopic (exact) mass is 320 g/mol. The van der Waals surface area contributed by atoms with E-state index in [1.165, 1.54) is 12.2 Å². The number of carbonyl (C=O) groups is 1. The van der Waals surface area contributed by atoms with Gasteiger partial charge in [-0.25, -0.2) is 0 Å². The zero-order valence-electron chi connectivity index (χ0n) is 12.9. The van der Waals surface area contributed by atoms with Crippen molar-refractivity contribution in [3.63, 3.8) is 0 Å². The maximum absolute atomic E-state index is 11.9. The fourth-order valence-electron chi connectivity index (χ4n) is 3.64. The highest BCUT2D eigenvalue weighted by Gasteiger charge is 2.41. The number of hydrogen-bond donors (Lipinski definition) is 1. The maximum Gasteiger partial charge on any atom is 0.314 e. The molecule has 1 aromatic carbocycles. The van der Waals surface area contributed by atoms with Gasteiger partial charge in [-0.05, 0) is 49.1 Å². The third-order valence-corrected chi connectivity index (χ3v) is 6.11. The number of carboxylic acid groups (broad SMARTS) is 1. The van der Waals surface area contributed by atoms with Gasteiger partial charge in [0.25, 0.3) is 0 Å². The van der Waals surface area contributed by atoms with Gasteiger partial charge in [0, 0.05) is 5.75 Å². The number of rotatable bonds is 4. The van der Waals surface area contributed by atoms with Gasteiger partial charge in [-0.1, -0.05) is 31.4 Å². The molecule has 0 radical (unpaired) electrons. The van der Waals surface area contributed by atoms with Crippen LogP contribution in [-0.4, -0.2) is 28.7 Å². The summed E-state index contributed by atoms with van der Waals surface area (Å²) < 4.78 is 6.10. The Bertz CT molecular complexity index is 517. The van der Waals surface area contributed by atoms with Crippen molar-refractivity contribution < 1.29 is 14.6 Å². The smallest absolute Gasteiger partial charge is 0.314 e. The Morgan fingerprint density at radius 3 is 2.73 bits per heavy atom. The van der Waals surface area contributed by atoms with Gasteiger partial charge in [-0.2, -0.15) is 11.8 Å². The summed E-state index contributed by atoms with van der Waals surface area (Å²) in [5.74, 6) is 2.41. The summed E-state index contributed by atoms with van der Waals surface area (Å²) in [6.07, 6.45) is 7.18. The second kappa shape index (κ2) is 6.95. The molecule has 120 valence electrons. The first-order valence-corrected chi connectivity index (χ1v) is 9.44. The zero-order chi connectivity index (χ0) is 15.4. The van der Waals surface area contributed by atoms with Gasteiger partial charge in [0.15, 0.2) is 0 Å². The summed E-state index contributed by atoms with van der Waals surface area (Å²) >= 11 is 1.94. The van der Waals surface area contributed by atoms with E-state index in [4.69, 9.17) is 4.74 Å². The van der Waals surface area contributed by atoms with Crippen LogP contribution in [0.5, 0.6) is 5.75 Å². The lowest BCUT2D eigenvalue weighted by molar-refractivity contribution is -0.145. The SMILES string of the molecule is O=C(O)C1(c2cccc(OC3CCCSC3)c2)CCCCC1. The van der Waals surface area contributed by atoms with Crippen molar-refractivity contribution in [1.82, 2.24) is 0 Å². The first kappa shape index (κ1) is 15.7. The number of thioether (sulfide) groups is 1. The molecule has 2 aliphatic rings. The van der Waals surface area contributed by atoms with E-state index in [2.05, 4.69) is 0 Å². The van der Waals surface area contributed by atoms with Gasteiger partial charge in [0.2, 0.25) is 0 Å². The molecule has 1 saturated heterocycles. The molecule has 1 N–H and O–H groups in total. The highest BCUT2D eigenvalue weighted by molar-refractivity contribution is 7.99. The Labute approximate surface area is 136 Å². The van der Waals surface area contributed by atoms with Gasteiger partial charge in [0.1, 0.15) is 11.9 Å². The topological polar surface area (TPSA) is 46.5 Å². The molecule has 4 heteroatoms. The third-order valence-electron chi connectivity index (χ3n) is 4.92. The molecule has 1 saturated carbocycles. The predicted octanol–water partition coefficient (Wildman–Crippen LogP) is 4.25. The summed E-state index contributed by atoms with van der Waals surface area (Å²) in [5, 5.41) is 9.81. The number of benzene rings is 1. The second-order valence-corrected chi connectivity index (χ2v) is 7.58. The lowest BCUT2D eigenvalue weighted by atomic mass is 9.69. The molecule has 0 spiro atoms. The minimum absolute atomic E-state index is 0.265. The summed E-state index contributed by atoms with van der Waals surface area (Å²) in [7, 11) is 0. The lowest BCUT2D eigenvalue weighted by Gasteiger charge is -2.34. The molecule has 1 aromatic rings. The Morgan fingerprint density at radius 2 is 2.05 bits per heavy atom. The van der Waals surface area contributed by atoms with E-state index in [0.29, 0.717) is 0 Å². The summed E-state index contributed by atoms with van der Waals surface area (Å²) in [6.45, 7) is 0. The van der Waals surface area contributed by atoms with Crippen LogP contribution in [-0.2, 0) is 10.2 Å². The first-order chi connectivity index (χ1) is 10.7. The van der Waals surface area contributed by atoms with Gasteiger partial charge < -0.3 is 9.84 Å². The molecular weight excluding hydrogens is 296 g/mol. The fraction of sp³-hybridized carbons (Fsp3) is 0.611. The lowest BCUT2D eigenvalue weighted by Crippen LogP contribution is -2.37. The number of aliphatic carboxylic acids is 1. The van der Waals surface area contributed by atoms with Crippen molar-refractivity contribution >= 4 is 17.7 Å². The van der Waals surface area contributed by atoms with Crippen LogP contribution in [0.4, 0.5) is 0 Å². The van der Waals surface area contributed by atoms with Crippen molar-refractivity contribution in [2.45, 2.75) is 56.5 Å². The van der Waals surface area contributed by atoms with Crippen molar-refractivity contribution in [3.05, 3.63) is 29.8 Å². The van der Waals surface area contributed by atoms with Crippen LogP contribution >= 0.6 is 11.8 Å². The van der Waals surface area contributed by atoms with Gasteiger partial charge in [-0.3, -0.25) is 4.79 Å². The highest BCUT2D eigenvalue weighted by Crippen LogP contribution is 2.41. The van der Waals surface area contributed by atoms with Crippen LogP contribution < -0.4 is 4.74 Å². The van der Waals surface area contributed by atoms with Crippen molar-refractivity contribution in [3.8, 4) is 5.75 Å². The van der Waals surface area contributed by atoms with Gasteiger partial charge in [-0.15, -0.1) is 0 Å². The Kier molecular flexibility index (Phi) is 4.97. The molecule has 1 heterocycles. The highest BCUT2D eigenvalue weighted by atomic mass is 32.2. The molecule has 0 bridgehead atoms. The van der Waals surface area contributed by atoms with Crippen molar-refractivity contribution in [2.75, 3.05) is 11.5 Å². The molecule has 2 fully saturated rings. The molecule has 3 rings (SSSR count). The average molecular weight is 320 g/mol. The van der Waals surface area contributed by atoms with Crippen LogP contribution in [0.3, 0.4) is 0 Å². The van der Waals surface area contributed by atoms with E-state index in [9.17, 15) is 9.90 Å². The van der Waals surface area contributed by atoms with Crippen molar-refractivity contribution in [1.29, 1.82) is 0 Å². The standard InChI is InChI=1S/C18H24O3S/c19-17(20)18(9-2-1-3-10-18)14-6-4-7-15(12-14)21-16-8-5-11-22-13-16/h4,6-7,12,16H,1-3,5,8-11,13H2,(H,19,20). The average Bonchev–Trinajstić information content (AvgIpc) is 2.56. The molecule has 0 aromatic heterocycles. The molecule has 1 atom stereocenters. The summed E-state index contributed by atoms with van der Waals surface area (Å²) in [5.41, 5.74) is 0.208.